The molecule has 5 N–H and O–H groups in total. The lowest BCUT2D eigenvalue weighted by atomic mass is 10.1. The second-order valence-corrected chi connectivity index (χ2v) is 9.00. The molecule has 2 aromatic carbocycles. The van der Waals surface area contributed by atoms with Gasteiger partial charge in [0.1, 0.15) is 12.0 Å². The van der Waals surface area contributed by atoms with E-state index in [2.05, 4.69) is 26.1 Å². The van der Waals surface area contributed by atoms with Crippen molar-refractivity contribution in [2.75, 3.05) is 29.6 Å². The van der Waals surface area contributed by atoms with Crippen LogP contribution in [0.4, 0.5) is 23.0 Å². The number of aromatic nitrogens is 2. The summed E-state index contributed by atoms with van der Waals surface area (Å²) in [6, 6.07) is 15.6. The summed E-state index contributed by atoms with van der Waals surface area (Å²) < 4.78 is 26.6. The number of carbonyl (C=O) groups excluding carboxylic acids is 1. The number of sulfonamides is 1. The smallest absolute Gasteiger partial charge is 0.243 e. The SMILES string of the molecule is CCN(CC)S(=O)(=O)c1ccc(Nc2ncnc(NNC(=O)Cc3ccccc3)c2N)cc1. The lowest BCUT2D eigenvalue weighted by molar-refractivity contribution is -0.119. The number of hydrogen-bond donors (Lipinski definition) is 4. The number of benzene rings is 2. The lowest BCUT2D eigenvalue weighted by Crippen LogP contribution is -2.31. The average Bonchev–Trinajstić information content (AvgIpc) is 2.81. The minimum atomic E-state index is -3.54. The molecule has 1 amide bonds. The molecule has 0 aliphatic carbocycles. The minimum Gasteiger partial charge on any atom is -0.393 e. The van der Waals surface area contributed by atoms with E-state index in [1.165, 1.54) is 22.8 Å². The molecule has 0 aliphatic rings. The highest BCUT2D eigenvalue weighted by Gasteiger charge is 2.21. The Labute approximate surface area is 193 Å². The number of hydrazine groups is 1. The number of anilines is 4. The Balaban J connectivity index is 1.66. The number of rotatable bonds is 10. The zero-order valence-electron chi connectivity index (χ0n) is 18.4. The van der Waals surface area contributed by atoms with Gasteiger partial charge < -0.3 is 11.1 Å². The molecule has 0 bridgehead atoms. The van der Waals surface area contributed by atoms with Crippen molar-refractivity contribution in [2.24, 2.45) is 0 Å². The van der Waals surface area contributed by atoms with Crippen molar-refractivity contribution >= 4 is 38.9 Å². The summed E-state index contributed by atoms with van der Waals surface area (Å²) >= 11 is 0. The number of nitrogens with two attached hydrogens (primary N) is 1. The zero-order chi connectivity index (χ0) is 23.8. The van der Waals surface area contributed by atoms with E-state index in [-0.39, 0.29) is 28.7 Å². The predicted octanol–water partition coefficient (Wildman–Crippen LogP) is 2.52. The van der Waals surface area contributed by atoms with Crippen molar-refractivity contribution < 1.29 is 13.2 Å². The standard InChI is InChI=1S/C22H27N7O3S/c1-3-29(4-2)33(31,32)18-12-10-17(11-13-18)26-21-20(23)22(25-15-24-21)28-27-19(30)14-16-8-6-5-7-9-16/h5-13,15H,3-4,14,23H2,1-2H3,(H,27,30)(H2,24,25,26,28). The fourth-order valence-corrected chi connectivity index (χ4v) is 4.57. The first-order valence-electron chi connectivity index (χ1n) is 10.4. The second kappa shape index (κ2) is 10.7. The van der Waals surface area contributed by atoms with E-state index in [9.17, 15) is 13.2 Å². The van der Waals surface area contributed by atoms with Crippen LogP contribution in [0.3, 0.4) is 0 Å². The van der Waals surface area contributed by atoms with E-state index in [4.69, 9.17) is 5.73 Å². The Morgan fingerprint density at radius 1 is 0.970 bits per heavy atom. The molecule has 0 saturated heterocycles. The number of nitrogen functional groups attached to an aromatic ring is 1. The maximum Gasteiger partial charge on any atom is 0.243 e. The number of hydrogen-bond acceptors (Lipinski definition) is 8. The molecule has 0 fully saturated rings. The van der Waals surface area contributed by atoms with E-state index in [0.29, 0.717) is 24.6 Å². The van der Waals surface area contributed by atoms with Crippen LogP contribution in [0.15, 0.2) is 65.8 Å². The number of nitrogens with one attached hydrogen (secondary N) is 3. The number of amides is 1. The molecule has 0 spiro atoms. The van der Waals surface area contributed by atoms with Crippen LogP contribution in [-0.4, -0.2) is 41.7 Å². The maximum absolute atomic E-state index is 12.6. The van der Waals surface area contributed by atoms with E-state index in [0.717, 1.165) is 5.56 Å². The molecule has 10 nitrogen and oxygen atoms in total. The van der Waals surface area contributed by atoms with Crippen LogP contribution in [0.5, 0.6) is 0 Å². The molecule has 174 valence electrons. The second-order valence-electron chi connectivity index (χ2n) is 7.06. The Morgan fingerprint density at radius 3 is 2.24 bits per heavy atom. The highest BCUT2D eigenvalue weighted by Crippen LogP contribution is 2.26. The van der Waals surface area contributed by atoms with Crippen molar-refractivity contribution in [3.05, 3.63) is 66.5 Å². The van der Waals surface area contributed by atoms with Crippen LogP contribution in [0.25, 0.3) is 0 Å². The Kier molecular flexibility index (Phi) is 7.80. The first-order chi connectivity index (χ1) is 15.8. The highest BCUT2D eigenvalue weighted by atomic mass is 32.2. The number of carbonyl (C=O) groups is 1. The van der Waals surface area contributed by atoms with Crippen molar-refractivity contribution in [1.29, 1.82) is 0 Å². The van der Waals surface area contributed by atoms with Crippen molar-refractivity contribution in [3.8, 4) is 0 Å². The van der Waals surface area contributed by atoms with E-state index < -0.39 is 10.0 Å². The van der Waals surface area contributed by atoms with Gasteiger partial charge in [-0.3, -0.25) is 15.6 Å². The van der Waals surface area contributed by atoms with Gasteiger partial charge in [0.15, 0.2) is 11.6 Å². The van der Waals surface area contributed by atoms with E-state index in [1.807, 2.05) is 30.3 Å². The maximum atomic E-state index is 12.6. The summed E-state index contributed by atoms with van der Waals surface area (Å²) in [7, 11) is -3.54. The van der Waals surface area contributed by atoms with Crippen LogP contribution in [0.1, 0.15) is 19.4 Å². The van der Waals surface area contributed by atoms with Crippen molar-refractivity contribution in [2.45, 2.75) is 25.2 Å². The summed E-state index contributed by atoms with van der Waals surface area (Å²) in [6.07, 6.45) is 1.50. The van der Waals surface area contributed by atoms with E-state index >= 15 is 0 Å². The molecular weight excluding hydrogens is 442 g/mol. The first kappa shape index (κ1) is 24.0. The highest BCUT2D eigenvalue weighted by molar-refractivity contribution is 7.89. The summed E-state index contributed by atoms with van der Waals surface area (Å²) in [6.45, 7) is 4.39. The summed E-state index contributed by atoms with van der Waals surface area (Å²) in [5, 5.41) is 3.04. The van der Waals surface area contributed by atoms with Crippen LogP contribution < -0.4 is 21.9 Å². The third-order valence-corrected chi connectivity index (χ3v) is 6.94. The molecule has 0 atom stereocenters. The zero-order valence-corrected chi connectivity index (χ0v) is 19.3. The van der Waals surface area contributed by atoms with Gasteiger partial charge in [-0.25, -0.2) is 18.4 Å². The molecule has 0 aliphatic heterocycles. The quantitative estimate of drug-likeness (QED) is 0.332. The third kappa shape index (κ3) is 5.96. The Hall–Kier alpha value is -3.70. The predicted molar refractivity (Wildman–Crippen MR) is 128 cm³/mol. The van der Waals surface area contributed by atoms with Gasteiger partial charge in [0.05, 0.1) is 11.3 Å². The van der Waals surface area contributed by atoms with Gasteiger partial charge in [-0.15, -0.1) is 0 Å². The minimum absolute atomic E-state index is 0.192. The molecule has 3 rings (SSSR count). The van der Waals surface area contributed by atoms with Gasteiger partial charge in [0.2, 0.25) is 15.9 Å². The molecule has 0 saturated carbocycles. The molecule has 0 radical (unpaired) electrons. The number of nitrogens with zero attached hydrogens (tertiary/aromatic N) is 3. The molecular formula is C22H27N7O3S. The summed E-state index contributed by atoms with van der Waals surface area (Å²) in [5.41, 5.74) is 13.1. The summed E-state index contributed by atoms with van der Waals surface area (Å²) in [4.78, 5) is 20.5. The van der Waals surface area contributed by atoms with Gasteiger partial charge in [-0.05, 0) is 29.8 Å². The van der Waals surface area contributed by atoms with Gasteiger partial charge in [0.25, 0.3) is 0 Å². The Morgan fingerprint density at radius 2 is 1.61 bits per heavy atom. The van der Waals surface area contributed by atoms with Gasteiger partial charge >= 0.3 is 0 Å². The molecule has 3 aromatic rings. The largest absolute Gasteiger partial charge is 0.393 e. The molecule has 1 heterocycles. The molecule has 0 unspecified atom stereocenters. The molecule has 33 heavy (non-hydrogen) atoms. The van der Waals surface area contributed by atoms with Crippen LogP contribution in [0, 0.1) is 0 Å². The van der Waals surface area contributed by atoms with Gasteiger partial charge in [-0.1, -0.05) is 44.2 Å². The van der Waals surface area contributed by atoms with Crippen molar-refractivity contribution in [3.63, 3.8) is 0 Å². The van der Waals surface area contributed by atoms with Crippen molar-refractivity contribution in [1.82, 2.24) is 19.7 Å². The fraction of sp³-hybridized carbons (Fsp3) is 0.227. The molecule has 11 heteroatoms. The Bertz CT molecular complexity index is 1180. The van der Waals surface area contributed by atoms with E-state index in [1.54, 1.807) is 26.0 Å². The van der Waals surface area contributed by atoms with Crippen LogP contribution >= 0.6 is 0 Å². The third-order valence-electron chi connectivity index (χ3n) is 4.87. The first-order valence-corrected chi connectivity index (χ1v) is 11.9. The van der Waals surface area contributed by atoms with Gasteiger partial charge in [0, 0.05) is 18.8 Å². The monoisotopic (exact) mass is 469 g/mol. The van der Waals surface area contributed by atoms with Crippen LogP contribution in [0.2, 0.25) is 0 Å². The fourth-order valence-electron chi connectivity index (χ4n) is 3.11. The topological polar surface area (TPSA) is 142 Å². The average molecular weight is 470 g/mol. The van der Waals surface area contributed by atoms with Gasteiger partial charge in [-0.2, -0.15) is 4.31 Å². The lowest BCUT2D eigenvalue weighted by Gasteiger charge is -2.18. The normalized spacial score (nSPS) is 11.2. The molecule has 1 aromatic heterocycles. The summed E-state index contributed by atoms with van der Waals surface area (Å²) in [5.74, 6) is 0.289. The van der Waals surface area contributed by atoms with Crippen LogP contribution in [-0.2, 0) is 21.2 Å².